The van der Waals surface area contributed by atoms with Crippen LogP contribution in [0.1, 0.15) is 52.9 Å². The molecule has 0 radical (unpaired) electrons. The molecule has 0 spiro atoms. The van der Waals surface area contributed by atoms with E-state index in [4.69, 9.17) is 0 Å². The summed E-state index contributed by atoms with van der Waals surface area (Å²) in [6.07, 6.45) is 5.20. The molecule has 0 saturated carbocycles. The van der Waals surface area contributed by atoms with Crippen LogP contribution in [-0.4, -0.2) is 23.4 Å². The fourth-order valence-electron chi connectivity index (χ4n) is 2.16. The summed E-state index contributed by atoms with van der Waals surface area (Å²) in [5.74, 6) is 0.640. The van der Waals surface area contributed by atoms with E-state index in [1.165, 1.54) is 0 Å². The first kappa shape index (κ1) is 13.9. The van der Waals surface area contributed by atoms with Crippen LogP contribution < -0.4 is 0 Å². The predicted octanol–water partition coefficient (Wildman–Crippen LogP) is 2.58. The van der Waals surface area contributed by atoms with Gasteiger partial charge < -0.3 is 10.2 Å². The quantitative estimate of drug-likeness (QED) is 0.635. The Hall–Kier alpha value is -0.0800. The van der Waals surface area contributed by atoms with Gasteiger partial charge in [-0.25, -0.2) is 0 Å². The van der Waals surface area contributed by atoms with Crippen molar-refractivity contribution in [1.29, 1.82) is 0 Å². The molecule has 2 N–H and O–H groups in total. The molecule has 0 aliphatic carbocycles. The lowest BCUT2D eigenvalue weighted by Crippen LogP contribution is -2.32. The largest absolute Gasteiger partial charge is 0.396 e. The molecule has 0 aromatic heterocycles. The Labute approximate surface area is 88.3 Å². The molecular formula is C12H26O2. The van der Waals surface area contributed by atoms with Crippen LogP contribution in [0.3, 0.4) is 0 Å². The molecule has 0 heterocycles. The van der Waals surface area contributed by atoms with Crippen molar-refractivity contribution in [3.63, 3.8) is 0 Å². The van der Waals surface area contributed by atoms with Crippen LogP contribution in [0.15, 0.2) is 0 Å². The van der Waals surface area contributed by atoms with Crippen LogP contribution in [0.5, 0.6) is 0 Å². The van der Waals surface area contributed by atoms with Crippen molar-refractivity contribution >= 4 is 0 Å². The molecule has 0 aromatic carbocycles. The van der Waals surface area contributed by atoms with Gasteiger partial charge in [-0.3, -0.25) is 0 Å². The molecule has 0 aliphatic rings. The molecule has 2 nitrogen and oxygen atoms in total. The zero-order valence-corrected chi connectivity index (χ0v) is 9.92. The first-order valence-electron chi connectivity index (χ1n) is 5.89. The molecule has 0 aromatic rings. The van der Waals surface area contributed by atoms with E-state index in [9.17, 15) is 10.2 Å². The average Bonchev–Trinajstić information content (AvgIpc) is 2.24. The Morgan fingerprint density at radius 2 is 1.50 bits per heavy atom. The van der Waals surface area contributed by atoms with Crippen molar-refractivity contribution in [2.24, 2.45) is 11.3 Å². The van der Waals surface area contributed by atoms with E-state index >= 15 is 0 Å². The summed E-state index contributed by atoms with van der Waals surface area (Å²) in [7, 11) is 0. The predicted molar refractivity (Wildman–Crippen MR) is 60.2 cm³/mol. The average molecular weight is 202 g/mol. The van der Waals surface area contributed by atoms with Crippen molar-refractivity contribution in [1.82, 2.24) is 0 Å². The molecule has 0 bridgehead atoms. The third kappa shape index (κ3) is 3.97. The number of rotatable bonds is 8. The Morgan fingerprint density at radius 1 is 1.00 bits per heavy atom. The summed E-state index contributed by atoms with van der Waals surface area (Å²) in [5, 5.41) is 18.8. The van der Waals surface area contributed by atoms with Crippen LogP contribution in [0, 0.1) is 11.3 Å². The number of aliphatic hydroxyl groups is 2. The second-order valence-corrected chi connectivity index (χ2v) is 4.45. The zero-order valence-electron chi connectivity index (χ0n) is 9.92. The molecule has 0 rings (SSSR count). The minimum atomic E-state index is -0.231. The fraction of sp³-hybridized carbons (Fsp3) is 1.00. The molecule has 14 heavy (non-hydrogen) atoms. The summed E-state index contributed by atoms with van der Waals surface area (Å²) in [4.78, 5) is 0. The monoisotopic (exact) mass is 202 g/mol. The summed E-state index contributed by atoms with van der Waals surface area (Å²) < 4.78 is 0. The van der Waals surface area contributed by atoms with Crippen molar-refractivity contribution in [2.75, 3.05) is 13.2 Å². The Morgan fingerprint density at radius 3 is 1.79 bits per heavy atom. The molecule has 86 valence electrons. The summed E-state index contributed by atoms with van der Waals surface area (Å²) in [6, 6.07) is 0. The molecule has 0 fully saturated rings. The molecule has 0 amide bonds. The van der Waals surface area contributed by atoms with Gasteiger partial charge >= 0.3 is 0 Å². The second kappa shape index (κ2) is 7.24. The van der Waals surface area contributed by atoms with Crippen molar-refractivity contribution in [3.05, 3.63) is 0 Å². The molecule has 0 saturated heterocycles. The van der Waals surface area contributed by atoms with Gasteiger partial charge in [0, 0.05) is 5.41 Å². The third-order valence-electron chi connectivity index (χ3n) is 3.33. The van der Waals surface area contributed by atoms with Gasteiger partial charge in [-0.05, 0) is 18.8 Å². The standard InChI is InChI=1S/C12H26O2/c1-4-7-12(9-13,10-14)8-11(5-2)6-3/h11,13-14H,4-10H2,1-3H3. The van der Waals surface area contributed by atoms with E-state index in [2.05, 4.69) is 20.8 Å². The van der Waals surface area contributed by atoms with Crippen LogP contribution in [0.2, 0.25) is 0 Å². The molecule has 0 unspecified atom stereocenters. The van der Waals surface area contributed by atoms with Crippen LogP contribution in [0.4, 0.5) is 0 Å². The maximum absolute atomic E-state index is 9.39. The van der Waals surface area contributed by atoms with Crippen molar-refractivity contribution < 1.29 is 10.2 Å². The van der Waals surface area contributed by atoms with E-state index in [0.29, 0.717) is 5.92 Å². The highest BCUT2D eigenvalue weighted by molar-refractivity contribution is 4.80. The van der Waals surface area contributed by atoms with Gasteiger partial charge in [-0.2, -0.15) is 0 Å². The lowest BCUT2D eigenvalue weighted by molar-refractivity contribution is 0.0241. The highest BCUT2D eigenvalue weighted by Gasteiger charge is 2.29. The highest BCUT2D eigenvalue weighted by Crippen LogP contribution is 2.33. The summed E-state index contributed by atoms with van der Waals surface area (Å²) in [6.45, 7) is 6.70. The number of aliphatic hydroxyl groups excluding tert-OH is 2. The normalized spacial score (nSPS) is 12.4. The lowest BCUT2D eigenvalue weighted by Gasteiger charge is -2.32. The minimum Gasteiger partial charge on any atom is -0.396 e. The fourth-order valence-corrected chi connectivity index (χ4v) is 2.16. The Kier molecular flexibility index (Phi) is 7.20. The van der Waals surface area contributed by atoms with Gasteiger partial charge in [-0.15, -0.1) is 0 Å². The molecule has 2 heteroatoms. The number of hydrogen-bond donors (Lipinski definition) is 2. The van der Waals surface area contributed by atoms with Crippen molar-refractivity contribution in [3.8, 4) is 0 Å². The van der Waals surface area contributed by atoms with Gasteiger partial charge in [0.2, 0.25) is 0 Å². The van der Waals surface area contributed by atoms with Crippen LogP contribution in [0.25, 0.3) is 0 Å². The minimum absolute atomic E-state index is 0.119. The lowest BCUT2D eigenvalue weighted by atomic mass is 9.75. The summed E-state index contributed by atoms with van der Waals surface area (Å²) in [5.41, 5.74) is -0.231. The smallest absolute Gasteiger partial charge is 0.0509 e. The van der Waals surface area contributed by atoms with Gasteiger partial charge in [0.25, 0.3) is 0 Å². The van der Waals surface area contributed by atoms with Gasteiger partial charge in [-0.1, -0.05) is 40.0 Å². The number of hydrogen-bond acceptors (Lipinski definition) is 2. The van der Waals surface area contributed by atoms with Gasteiger partial charge in [0.15, 0.2) is 0 Å². The second-order valence-electron chi connectivity index (χ2n) is 4.45. The maximum Gasteiger partial charge on any atom is 0.0509 e. The Bertz CT molecular complexity index is 126. The van der Waals surface area contributed by atoms with E-state index < -0.39 is 0 Å². The van der Waals surface area contributed by atoms with E-state index in [1.54, 1.807) is 0 Å². The summed E-state index contributed by atoms with van der Waals surface area (Å²) >= 11 is 0. The van der Waals surface area contributed by atoms with Gasteiger partial charge in [0.05, 0.1) is 13.2 Å². The maximum atomic E-state index is 9.39. The van der Waals surface area contributed by atoms with Crippen molar-refractivity contribution in [2.45, 2.75) is 52.9 Å². The van der Waals surface area contributed by atoms with E-state index in [1.807, 2.05) is 0 Å². The topological polar surface area (TPSA) is 40.5 Å². The van der Waals surface area contributed by atoms with E-state index in [-0.39, 0.29) is 18.6 Å². The first-order valence-corrected chi connectivity index (χ1v) is 5.89. The zero-order chi connectivity index (χ0) is 11.0. The first-order chi connectivity index (χ1) is 6.67. The SMILES string of the molecule is CCCC(CO)(CO)CC(CC)CC. The Balaban J connectivity index is 4.31. The highest BCUT2D eigenvalue weighted by atomic mass is 16.3. The van der Waals surface area contributed by atoms with Crippen LogP contribution >= 0.6 is 0 Å². The van der Waals surface area contributed by atoms with E-state index in [0.717, 1.165) is 32.1 Å². The molecule has 0 atom stereocenters. The molecular weight excluding hydrogens is 176 g/mol. The van der Waals surface area contributed by atoms with Gasteiger partial charge in [0.1, 0.15) is 0 Å². The van der Waals surface area contributed by atoms with Crippen LogP contribution in [-0.2, 0) is 0 Å². The molecule has 0 aliphatic heterocycles. The third-order valence-corrected chi connectivity index (χ3v) is 3.33.